The topological polar surface area (TPSA) is 69.6 Å². The van der Waals surface area contributed by atoms with Crippen LogP contribution in [0.25, 0.3) is 11.1 Å². The fourth-order valence-corrected chi connectivity index (χ4v) is 6.60. The summed E-state index contributed by atoms with van der Waals surface area (Å²) in [6.07, 6.45) is 13.2. The van der Waals surface area contributed by atoms with Crippen molar-refractivity contribution in [2.45, 2.75) is 83.3 Å². The summed E-state index contributed by atoms with van der Waals surface area (Å²) < 4.78 is 0. The summed E-state index contributed by atoms with van der Waals surface area (Å²) in [5.41, 5.74) is 4.74. The smallest absolute Gasteiger partial charge is 0.326 e. The van der Waals surface area contributed by atoms with Gasteiger partial charge in [-0.2, -0.15) is 11.8 Å². The Hall–Kier alpha value is -2.31. The average molecular weight is 523 g/mol. The van der Waals surface area contributed by atoms with E-state index < -0.39 is 12.0 Å². The van der Waals surface area contributed by atoms with Crippen molar-refractivity contribution in [1.82, 2.24) is 10.2 Å². The quantitative estimate of drug-likeness (QED) is 0.351. The summed E-state index contributed by atoms with van der Waals surface area (Å²) in [4.78, 5) is 27.8. The van der Waals surface area contributed by atoms with E-state index in [0.717, 1.165) is 35.7 Å². The molecular weight excluding hydrogens is 480 g/mol. The van der Waals surface area contributed by atoms with E-state index in [0.29, 0.717) is 23.8 Å². The molecule has 1 amide bonds. The molecule has 6 heteroatoms. The number of hydrogen-bond donors (Lipinski definition) is 2. The van der Waals surface area contributed by atoms with Crippen LogP contribution < -0.4 is 5.32 Å². The molecule has 2 atom stereocenters. The van der Waals surface area contributed by atoms with Crippen molar-refractivity contribution < 1.29 is 14.7 Å². The van der Waals surface area contributed by atoms with Crippen LogP contribution in [0.15, 0.2) is 42.5 Å². The van der Waals surface area contributed by atoms with Gasteiger partial charge in [0.05, 0.1) is 0 Å². The molecular formula is C31H42N2O3S. The second kappa shape index (κ2) is 13.5. The van der Waals surface area contributed by atoms with Crippen molar-refractivity contribution in [1.29, 1.82) is 0 Å². The highest BCUT2D eigenvalue weighted by Crippen LogP contribution is 2.34. The van der Waals surface area contributed by atoms with Gasteiger partial charge in [-0.25, -0.2) is 4.79 Å². The highest BCUT2D eigenvalue weighted by atomic mass is 32.2. The van der Waals surface area contributed by atoms with Crippen LogP contribution in [0.4, 0.5) is 0 Å². The molecule has 5 nitrogen and oxygen atoms in total. The Bertz CT molecular complexity index is 1070. The zero-order valence-corrected chi connectivity index (χ0v) is 23.2. The third-order valence-electron chi connectivity index (χ3n) is 8.19. The number of carboxylic acids is 1. The van der Waals surface area contributed by atoms with Crippen LogP contribution in [-0.4, -0.2) is 52.5 Å². The lowest BCUT2D eigenvalue weighted by molar-refractivity contribution is -0.139. The van der Waals surface area contributed by atoms with Crippen LogP contribution in [0.5, 0.6) is 0 Å². The van der Waals surface area contributed by atoms with Crippen molar-refractivity contribution >= 4 is 23.6 Å². The molecule has 2 aromatic rings. The summed E-state index contributed by atoms with van der Waals surface area (Å²) in [6.45, 7) is 4.08. The molecule has 1 aliphatic heterocycles. The standard InChI is InChI=1S/C31H42N2O3S/c1-22-9-6-7-13-26(22)28-20-24(14-15-27(28)30(34)32-29(31(35)36)16-18-37-2)21-33-17-8-12-25(33)19-23-10-4-3-5-11-23/h6-7,9,13-15,20,23,25,29H,3-5,8,10-12,16-19,21H2,1-2H3,(H,32,34)(H,35,36). The number of aliphatic carboxylic acids is 1. The van der Waals surface area contributed by atoms with Crippen LogP contribution >= 0.6 is 11.8 Å². The Morgan fingerprint density at radius 2 is 1.84 bits per heavy atom. The van der Waals surface area contributed by atoms with Gasteiger partial charge in [0.2, 0.25) is 0 Å². The van der Waals surface area contributed by atoms with E-state index in [-0.39, 0.29) is 5.91 Å². The molecule has 2 fully saturated rings. The molecule has 37 heavy (non-hydrogen) atoms. The first-order valence-electron chi connectivity index (χ1n) is 13.9. The Kier molecular flexibility index (Phi) is 10.1. The molecule has 0 spiro atoms. The van der Waals surface area contributed by atoms with Gasteiger partial charge in [-0.05, 0) is 91.5 Å². The number of carbonyl (C=O) groups is 2. The third-order valence-corrected chi connectivity index (χ3v) is 8.84. The van der Waals surface area contributed by atoms with E-state index >= 15 is 0 Å². The first kappa shape index (κ1) is 27.7. The molecule has 1 heterocycles. The Morgan fingerprint density at radius 1 is 1.05 bits per heavy atom. The van der Waals surface area contributed by atoms with Crippen LogP contribution in [0.2, 0.25) is 0 Å². The third kappa shape index (κ3) is 7.38. The summed E-state index contributed by atoms with van der Waals surface area (Å²) in [5, 5.41) is 12.4. The number of benzene rings is 2. The molecule has 2 aromatic carbocycles. The van der Waals surface area contributed by atoms with Gasteiger partial charge < -0.3 is 10.4 Å². The average Bonchev–Trinajstić information content (AvgIpc) is 3.33. The largest absolute Gasteiger partial charge is 0.480 e. The molecule has 0 aromatic heterocycles. The number of thioether (sulfide) groups is 1. The van der Waals surface area contributed by atoms with Crippen molar-refractivity contribution in [2.75, 3.05) is 18.6 Å². The van der Waals surface area contributed by atoms with Gasteiger partial charge in [-0.1, -0.05) is 62.4 Å². The van der Waals surface area contributed by atoms with E-state index in [1.54, 1.807) is 11.8 Å². The molecule has 2 unspecified atom stereocenters. The molecule has 2 aliphatic rings. The molecule has 1 saturated heterocycles. The van der Waals surface area contributed by atoms with E-state index in [9.17, 15) is 14.7 Å². The Labute approximate surface area is 226 Å². The first-order chi connectivity index (χ1) is 18.0. The number of likely N-dealkylation sites (tertiary alicyclic amines) is 1. The molecule has 1 saturated carbocycles. The second-order valence-electron chi connectivity index (χ2n) is 10.8. The van der Waals surface area contributed by atoms with E-state index in [1.807, 2.05) is 24.5 Å². The number of nitrogens with one attached hydrogen (secondary N) is 1. The maximum Gasteiger partial charge on any atom is 0.326 e. The van der Waals surface area contributed by atoms with Crippen LogP contribution in [0, 0.1) is 12.8 Å². The molecule has 4 rings (SSSR count). The van der Waals surface area contributed by atoms with E-state index in [1.165, 1.54) is 56.9 Å². The van der Waals surface area contributed by atoms with Gasteiger partial charge in [0, 0.05) is 18.2 Å². The monoisotopic (exact) mass is 522 g/mol. The minimum Gasteiger partial charge on any atom is -0.480 e. The summed E-state index contributed by atoms with van der Waals surface area (Å²) in [5.74, 6) is 0.240. The first-order valence-corrected chi connectivity index (χ1v) is 15.3. The SMILES string of the molecule is CSCCC(NC(=O)c1ccc(CN2CCCC2CC2CCCCC2)cc1-c1ccccc1C)C(=O)O. The van der Waals surface area contributed by atoms with Gasteiger partial charge in [-0.15, -0.1) is 0 Å². The Balaban J connectivity index is 1.57. The minimum atomic E-state index is -0.991. The summed E-state index contributed by atoms with van der Waals surface area (Å²) in [6, 6.07) is 14.0. The lowest BCUT2D eigenvalue weighted by Gasteiger charge is -2.30. The summed E-state index contributed by atoms with van der Waals surface area (Å²) in [7, 11) is 0. The zero-order chi connectivity index (χ0) is 26.2. The van der Waals surface area contributed by atoms with Crippen molar-refractivity contribution in [2.24, 2.45) is 5.92 Å². The molecule has 1 aliphatic carbocycles. The summed E-state index contributed by atoms with van der Waals surface area (Å²) >= 11 is 1.58. The fraction of sp³-hybridized carbons (Fsp3) is 0.548. The fourth-order valence-electron chi connectivity index (χ4n) is 6.13. The molecule has 0 radical (unpaired) electrons. The maximum absolute atomic E-state index is 13.4. The van der Waals surface area contributed by atoms with Gasteiger partial charge >= 0.3 is 5.97 Å². The molecule has 2 N–H and O–H groups in total. The molecule has 200 valence electrons. The predicted octanol–water partition coefficient (Wildman–Crippen LogP) is 6.53. The number of nitrogens with zero attached hydrogens (tertiary/aromatic N) is 1. The van der Waals surface area contributed by atoms with Crippen LogP contribution in [0.3, 0.4) is 0 Å². The lowest BCUT2D eigenvalue weighted by atomic mass is 9.84. The number of amides is 1. The highest BCUT2D eigenvalue weighted by Gasteiger charge is 2.28. The number of hydrogen-bond acceptors (Lipinski definition) is 4. The minimum absolute atomic E-state index is 0.324. The number of rotatable bonds is 11. The lowest BCUT2D eigenvalue weighted by Crippen LogP contribution is -2.41. The van der Waals surface area contributed by atoms with Gasteiger partial charge in [0.15, 0.2) is 0 Å². The van der Waals surface area contributed by atoms with Crippen molar-refractivity contribution in [3.8, 4) is 11.1 Å². The van der Waals surface area contributed by atoms with Crippen molar-refractivity contribution in [3.05, 3.63) is 59.2 Å². The number of carboxylic acid groups (broad SMARTS) is 1. The van der Waals surface area contributed by atoms with Gasteiger partial charge in [0.25, 0.3) is 5.91 Å². The zero-order valence-electron chi connectivity index (χ0n) is 22.4. The Morgan fingerprint density at radius 3 is 2.57 bits per heavy atom. The number of aryl methyl sites for hydroxylation is 1. The van der Waals surface area contributed by atoms with Crippen LogP contribution in [-0.2, 0) is 11.3 Å². The van der Waals surface area contributed by atoms with Gasteiger partial charge in [0.1, 0.15) is 6.04 Å². The predicted molar refractivity (Wildman–Crippen MR) is 153 cm³/mol. The maximum atomic E-state index is 13.4. The van der Waals surface area contributed by atoms with E-state index in [4.69, 9.17) is 0 Å². The normalized spacial score (nSPS) is 19.6. The van der Waals surface area contributed by atoms with Crippen LogP contribution in [0.1, 0.15) is 79.3 Å². The molecule has 0 bridgehead atoms. The van der Waals surface area contributed by atoms with E-state index in [2.05, 4.69) is 41.4 Å². The second-order valence-corrected chi connectivity index (χ2v) is 11.8. The van der Waals surface area contributed by atoms with Crippen molar-refractivity contribution in [3.63, 3.8) is 0 Å². The number of carbonyl (C=O) groups excluding carboxylic acids is 1. The highest BCUT2D eigenvalue weighted by molar-refractivity contribution is 7.98. The van der Waals surface area contributed by atoms with Gasteiger partial charge in [-0.3, -0.25) is 9.69 Å².